The molecule has 2 heterocycles. The Balaban J connectivity index is 2.54. The Morgan fingerprint density at radius 1 is 1.21 bits per heavy atom. The summed E-state index contributed by atoms with van der Waals surface area (Å²) in [6.45, 7) is 0. The average Bonchev–Trinajstić information content (AvgIpc) is 2.23. The monoisotopic (exact) mass is 186 g/mol. The van der Waals surface area contributed by atoms with Gasteiger partial charge in [-0.2, -0.15) is 0 Å². The minimum Gasteiger partial charge on any atom is -0.318 e. The number of pyridine rings is 2. The fourth-order valence-electron chi connectivity index (χ4n) is 1.28. The van der Waals surface area contributed by atoms with Gasteiger partial charge in [0.1, 0.15) is 0 Å². The van der Waals surface area contributed by atoms with Crippen LogP contribution in [0.25, 0.3) is 11.3 Å². The first-order chi connectivity index (χ1) is 6.77. The third kappa shape index (κ3) is 1.57. The lowest BCUT2D eigenvalue weighted by Gasteiger charge is -2.01. The number of hydrogen-bond donors (Lipinski definition) is 0. The van der Waals surface area contributed by atoms with Crippen molar-refractivity contribution in [3.63, 3.8) is 0 Å². The van der Waals surface area contributed by atoms with Crippen LogP contribution in [-0.2, 0) is 7.05 Å². The molecule has 0 atom stereocenters. The molecule has 0 saturated heterocycles. The third-order valence-electron chi connectivity index (χ3n) is 2.05. The number of nitrogens with zero attached hydrogens (tertiary/aromatic N) is 2. The van der Waals surface area contributed by atoms with E-state index in [1.54, 1.807) is 36.1 Å². The highest BCUT2D eigenvalue weighted by Crippen LogP contribution is 2.12. The van der Waals surface area contributed by atoms with Crippen molar-refractivity contribution < 1.29 is 0 Å². The molecule has 0 aromatic carbocycles. The van der Waals surface area contributed by atoms with Gasteiger partial charge < -0.3 is 4.57 Å². The highest BCUT2D eigenvalue weighted by molar-refractivity contribution is 5.57. The second kappa shape index (κ2) is 3.46. The van der Waals surface area contributed by atoms with E-state index in [9.17, 15) is 4.79 Å². The molecule has 2 aromatic heterocycles. The van der Waals surface area contributed by atoms with Crippen LogP contribution in [-0.4, -0.2) is 9.55 Å². The summed E-state index contributed by atoms with van der Waals surface area (Å²) in [4.78, 5) is 15.3. The zero-order valence-corrected chi connectivity index (χ0v) is 7.84. The summed E-state index contributed by atoms with van der Waals surface area (Å²) in [7, 11) is 1.73. The first-order valence-corrected chi connectivity index (χ1v) is 4.35. The Bertz CT molecular complexity index is 488. The van der Waals surface area contributed by atoms with Crippen LogP contribution in [0.1, 0.15) is 0 Å². The Hall–Kier alpha value is -1.90. The molecule has 0 saturated carbocycles. The van der Waals surface area contributed by atoms with Crippen LogP contribution in [0, 0.1) is 0 Å². The van der Waals surface area contributed by atoms with Crippen LogP contribution in [0.15, 0.2) is 47.5 Å². The molecule has 0 amide bonds. The van der Waals surface area contributed by atoms with Crippen LogP contribution in [0.4, 0.5) is 0 Å². The molecule has 0 unspecified atom stereocenters. The Kier molecular flexibility index (Phi) is 2.14. The second-order valence-electron chi connectivity index (χ2n) is 3.08. The molecule has 0 fully saturated rings. The number of rotatable bonds is 1. The smallest absolute Gasteiger partial charge is 0.250 e. The van der Waals surface area contributed by atoms with Gasteiger partial charge in [0.05, 0.1) is 5.69 Å². The summed E-state index contributed by atoms with van der Waals surface area (Å²) in [5, 5.41) is 0. The minimum atomic E-state index is -0.00955. The maximum absolute atomic E-state index is 11.1. The van der Waals surface area contributed by atoms with Crippen molar-refractivity contribution in [2.75, 3.05) is 0 Å². The van der Waals surface area contributed by atoms with Gasteiger partial charge in [-0.25, -0.2) is 0 Å². The molecule has 70 valence electrons. The van der Waals surface area contributed by atoms with E-state index in [-0.39, 0.29) is 5.56 Å². The van der Waals surface area contributed by atoms with Crippen molar-refractivity contribution in [3.8, 4) is 11.3 Å². The van der Waals surface area contributed by atoms with E-state index < -0.39 is 0 Å². The molecule has 3 heteroatoms. The van der Waals surface area contributed by atoms with Crippen molar-refractivity contribution in [1.82, 2.24) is 9.55 Å². The average molecular weight is 186 g/mol. The van der Waals surface area contributed by atoms with Gasteiger partial charge in [0.15, 0.2) is 0 Å². The zero-order valence-electron chi connectivity index (χ0n) is 7.84. The molecule has 0 N–H and O–H groups in total. The van der Waals surface area contributed by atoms with E-state index in [0.29, 0.717) is 0 Å². The fourth-order valence-corrected chi connectivity index (χ4v) is 1.28. The molecule has 0 radical (unpaired) electrons. The highest BCUT2D eigenvalue weighted by Gasteiger charge is 1.98. The molecule has 2 rings (SSSR count). The van der Waals surface area contributed by atoms with E-state index in [1.165, 1.54) is 0 Å². The Labute approximate surface area is 81.7 Å². The maximum atomic E-state index is 11.1. The molecule has 0 aliphatic rings. The van der Waals surface area contributed by atoms with Crippen LogP contribution in [0.2, 0.25) is 0 Å². The van der Waals surface area contributed by atoms with Crippen molar-refractivity contribution >= 4 is 0 Å². The van der Waals surface area contributed by atoms with Gasteiger partial charge in [0.25, 0.3) is 0 Å². The summed E-state index contributed by atoms with van der Waals surface area (Å²) in [6.07, 6.45) is 3.52. The van der Waals surface area contributed by atoms with Gasteiger partial charge in [-0.15, -0.1) is 0 Å². The van der Waals surface area contributed by atoms with Crippen LogP contribution < -0.4 is 5.56 Å². The normalized spacial score (nSPS) is 10.1. The summed E-state index contributed by atoms with van der Waals surface area (Å²) >= 11 is 0. The zero-order chi connectivity index (χ0) is 9.97. The van der Waals surface area contributed by atoms with E-state index in [2.05, 4.69) is 4.98 Å². The van der Waals surface area contributed by atoms with Crippen molar-refractivity contribution in [2.24, 2.45) is 7.05 Å². The first-order valence-electron chi connectivity index (χ1n) is 4.35. The molecule has 0 aliphatic heterocycles. The molecule has 3 nitrogen and oxygen atoms in total. The van der Waals surface area contributed by atoms with Crippen molar-refractivity contribution in [1.29, 1.82) is 0 Å². The third-order valence-corrected chi connectivity index (χ3v) is 2.05. The predicted molar refractivity (Wildman–Crippen MR) is 54.9 cm³/mol. The van der Waals surface area contributed by atoms with E-state index in [1.807, 2.05) is 18.2 Å². The fraction of sp³-hybridized carbons (Fsp3) is 0.0909. The van der Waals surface area contributed by atoms with Gasteiger partial charge in [0, 0.05) is 31.1 Å². The molecule has 14 heavy (non-hydrogen) atoms. The van der Waals surface area contributed by atoms with Crippen LogP contribution in [0.3, 0.4) is 0 Å². The Morgan fingerprint density at radius 2 is 2.07 bits per heavy atom. The summed E-state index contributed by atoms with van der Waals surface area (Å²) in [5.41, 5.74) is 1.82. The molecular formula is C11H10N2O. The molecule has 0 spiro atoms. The predicted octanol–water partition coefficient (Wildman–Crippen LogP) is 1.45. The van der Waals surface area contributed by atoms with Gasteiger partial charge in [-0.05, 0) is 18.2 Å². The largest absolute Gasteiger partial charge is 0.318 e. The quantitative estimate of drug-likeness (QED) is 0.675. The lowest BCUT2D eigenvalue weighted by molar-refractivity contribution is 0.861. The van der Waals surface area contributed by atoms with Crippen LogP contribution >= 0.6 is 0 Å². The van der Waals surface area contributed by atoms with Crippen molar-refractivity contribution in [3.05, 3.63) is 53.1 Å². The SMILES string of the molecule is Cn1cc(-c2ccccn2)ccc1=O. The number of aromatic nitrogens is 2. The maximum Gasteiger partial charge on any atom is 0.250 e. The van der Waals surface area contributed by atoms with Gasteiger partial charge in [-0.1, -0.05) is 6.07 Å². The van der Waals surface area contributed by atoms with Gasteiger partial charge in [-0.3, -0.25) is 9.78 Å². The van der Waals surface area contributed by atoms with Gasteiger partial charge in [0.2, 0.25) is 5.56 Å². The standard InChI is InChI=1S/C11H10N2O/c1-13-8-9(5-6-11(13)14)10-4-2-3-7-12-10/h2-8H,1H3. The summed E-state index contributed by atoms with van der Waals surface area (Å²) in [5.74, 6) is 0. The number of aryl methyl sites for hydroxylation is 1. The lowest BCUT2D eigenvalue weighted by atomic mass is 10.2. The van der Waals surface area contributed by atoms with Crippen LogP contribution in [0.5, 0.6) is 0 Å². The lowest BCUT2D eigenvalue weighted by Crippen LogP contribution is -2.13. The van der Waals surface area contributed by atoms with E-state index in [0.717, 1.165) is 11.3 Å². The molecule has 2 aromatic rings. The topological polar surface area (TPSA) is 34.9 Å². The summed E-state index contributed by atoms with van der Waals surface area (Å²) < 4.78 is 1.55. The van der Waals surface area contributed by atoms with E-state index in [4.69, 9.17) is 0 Å². The number of hydrogen-bond acceptors (Lipinski definition) is 2. The van der Waals surface area contributed by atoms with Crippen molar-refractivity contribution in [2.45, 2.75) is 0 Å². The molecule has 0 aliphatic carbocycles. The van der Waals surface area contributed by atoms with Gasteiger partial charge >= 0.3 is 0 Å². The Morgan fingerprint density at radius 3 is 2.71 bits per heavy atom. The molecule has 0 bridgehead atoms. The molecular weight excluding hydrogens is 176 g/mol. The first kappa shape index (κ1) is 8.69. The van der Waals surface area contributed by atoms with E-state index >= 15 is 0 Å². The highest BCUT2D eigenvalue weighted by atomic mass is 16.1. The second-order valence-corrected chi connectivity index (χ2v) is 3.08. The summed E-state index contributed by atoms with van der Waals surface area (Å²) in [6, 6.07) is 9.04. The minimum absolute atomic E-state index is 0.00955.